The fraction of sp³-hybridized carbons (Fsp3) is 0.538. The van der Waals surface area contributed by atoms with Gasteiger partial charge in [-0.2, -0.15) is 0 Å². The second kappa shape index (κ2) is 7.66. The predicted molar refractivity (Wildman–Crippen MR) is 73.6 cm³/mol. The summed E-state index contributed by atoms with van der Waals surface area (Å²) in [5, 5.41) is 3.22. The van der Waals surface area contributed by atoms with Crippen LogP contribution in [0.5, 0.6) is 0 Å². The van der Waals surface area contributed by atoms with Crippen molar-refractivity contribution in [3.8, 4) is 0 Å². The van der Waals surface area contributed by atoms with Gasteiger partial charge in [-0.25, -0.2) is 4.98 Å². The number of unbranched alkanes of at least 4 members (excludes halogenated alkanes) is 2. The van der Waals surface area contributed by atoms with Gasteiger partial charge in [0.25, 0.3) is 5.91 Å². The molecule has 1 rings (SSSR count). The Morgan fingerprint density at radius 2 is 2.11 bits per heavy atom. The van der Waals surface area contributed by atoms with E-state index in [2.05, 4.69) is 10.3 Å². The monoisotopic (exact) mass is 250 g/mol. The molecule has 0 aromatic carbocycles. The summed E-state index contributed by atoms with van der Waals surface area (Å²) in [6, 6.07) is 3.62. The third kappa shape index (κ3) is 4.71. The van der Waals surface area contributed by atoms with Gasteiger partial charge in [0.1, 0.15) is 5.82 Å². The van der Waals surface area contributed by atoms with Crippen molar-refractivity contribution in [1.82, 2.24) is 9.88 Å². The van der Waals surface area contributed by atoms with Crippen molar-refractivity contribution < 1.29 is 4.79 Å². The number of nitrogens with zero attached hydrogens (tertiary/aromatic N) is 2. The molecule has 0 bridgehead atoms. The molecule has 1 amide bonds. The standard InChI is InChI=1S/C13H22N4O/c1-17(2)13(18)11-6-7-12(16-10-11)15-9-5-3-4-8-14/h6-7,10H,3-5,8-9,14H2,1-2H3,(H,15,16). The second-order valence-corrected chi connectivity index (χ2v) is 4.41. The van der Waals surface area contributed by atoms with Gasteiger partial charge in [-0.05, 0) is 31.5 Å². The minimum atomic E-state index is -0.0306. The van der Waals surface area contributed by atoms with Crippen LogP contribution in [0.3, 0.4) is 0 Å². The number of aromatic nitrogens is 1. The largest absolute Gasteiger partial charge is 0.370 e. The van der Waals surface area contributed by atoms with Crippen LogP contribution >= 0.6 is 0 Å². The summed E-state index contributed by atoms with van der Waals surface area (Å²) in [4.78, 5) is 17.4. The van der Waals surface area contributed by atoms with Crippen LogP contribution in [0.25, 0.3) is 0 Å². The molecule has 100 valence electrons. The Labute approximate surface area is 108 Å². The smallest absolute Gasteiger partial charge is 0.254 e. The number of hydrogen-bond donors (Lipinski definition) is 2. The number of anilines is 1. The van der Waals surface area contributed by atoms with Crippen LogP contribution < -0.4 is 11.1 Å². The molecule has 0 fully saturated rings. The lowest BCUT2D eigenvalue weighted by Crippen LogP contribution is -2.21. The Bertz CT molecular complexity index is 362. The average Bonchev–Trinajstić information content (AvgIpc) is 2.38. The minimum Gasteiger partial charge on any atom is -0.370 e. The van der Waals surface area contributed by atoms with Crippen molar-refractivity contribution in [3.05, 3.63) is 23.9 Å². The highest BCUT2D eigenvalue weighted by Crippen LogP contribution is 2.07. The summed E-state index contributed by atoms with van der Waals surface area (Å²) in [6.45, 7) is 1.63. The molecule has 0 saturated carbocycles. The molecule has 0 aliphatic heterocycles. The predicted octanol–water partition coefficient (Wildman–Crippen LogP) is 1.32. The second-order valence-electron chi connectivity index (χ2n) is 4.41. The number of pyridine rings is 1. The number of carbonyl (C=O) groups excluding carboxylic acids is 1. The van der Waals surface area contributed by atoms with Gasteiger partial charge in [-0.1, -0.05) is 6.42 Å². The zero-order valence-corrected chi connectivity index (χ0v) is 11.1. The fourth-order valence-corrected chi connectivity index (χ4v) is 1.55. The van der Waals surface area contributed by atoms with Crippen molar-refractivity contribution in [2.45, 2.75) is 19.3 Å². The molecular formula is C13H22N4O. The maximum Gasteiger partial charge on any atom is 0.254 e. The zero-order valence-electron chi connectivity index (χ0n) is 11.1. The fourth-order valence-electron chi connectivity index (χ4n) is 1.55. The SMILES string of the molecule is CN(C)C(=O)c1ccc(NCCCCCN)nc1. The third-order valence-corrected chi connectivity index (χ3v) is 2.60. The molecule has 3 N–H and O–H groups in total. The Kier molecular flexibility index (Phi) is 6.14. The minimum absolute atomic E-state index is 0.0306. The molecule has 1 aromatic heterocycles. The Morgan fingerprint density at radius 1 is 1.33 bits per heavy atom. The van der Waals surface area contributed by atoms with E-state index in [1.165, 1.54) is 4.90 Å². The van der Waals surface area contributed by atoms with Crippen molar-refractivity contribution in [2.75, 3.05) is 32.5 Å². The lowest BCUT2D eigenvalue weighted by Gasteiger charge is -2.10. The molecule has 0 radical (unpaired) electrons. The Hall–Kier alpha value is -1.62. The first-order valence-corrected chi connectivity index (χ1v) is 6.27. The number of nitrogens with one attached hydrogen (secondary N) is 1. The number of amides is 1. The molecule has 0 aliphatic rings. The van der Waals surface area contributed by atoms with Gasteiger partial charge < -0.3 is 16.0 Å². The summed E-state index contributed by atoms with van der Waals surface area (Å²) in [5.74, 6) is 0.773. The summed E-state index contributed by atoms with van der Waals surface area (Å²) in [6.07, 6.45) is 4.87. The van der Waals surface area contributed by atoms with E-state index in [-0.39, 0.29) is 5.91 Å². The van der Waals surface area contributed by atoms with Gasteiger partial charge in [0.05, 0.1) is 5.56 Å². The summed E-state index contributed by atoms with van der Waals surface area (Å²) >= 11 is 0. The number of carbonyl (C=O) groups is 1. The lowest BCUT2D eigenvalue weighted by atomic mass is 10.2. The van der Waals surface area contributed by atoms with Gasteiger partial charge in [0, 0.05) is 26.8 Å². The first kappa shape index (κ1) is 14.4. The van der Waals surface area contributed by atoms with Crippen molar-refractivity contribution in [1.29, 1.82) is 0 Å². The topological polar surface area (TPSA) is 71.2 Å². The van der Waals surface area contributed by atoms with Crippen LogP contribution in [0.2, 0.25) is 0 Å². The van der Waals surface area contributed by atoms with Crippen molar-refractivity contribution in [2.24, 2.45) is 5.73 Å². The molecule has 1 aromatic rings. The van der Waals surface area contributed by atoms with Gasteiger partial charge >= 0.3 is 0 Å². The van der Waals surface area contributed by atoms with Crippen LogP contribution in [0.4, 0.5) is 5.82 Å². The van der Waals surface area contributed by atoms with Gasteiger partial charge in [0.2, 0.25) is 0 Å². The van der Waals surface area contributed by atoms with E-state index in [1.807, 2.05) is 6.07 Å². The average molecular weight is 250 g/mol. The van der Waals surface area contributed by atoms with Crippen molar-refractivity contribution in [3.63, 3.8) is 0 Å². The third-order valence-electron chi connectivity index (χ3n) is 2.60. The highest BCUT2D eigenvalue weighted by atomic mass is 16.2. The Balaban J connectivity index is 2.38. The van der Waals surface area contributed by atoms with Gasteiger partial charge in [-0.3, -0.25) is 4.79 Å². The Morgan fingerprint density at radius 3 is 2.67 bits per heavy atom. The molecule has 5 heteroatoms. The van der Waals surface area contributed by atoms with Crippen molar-refractivity contribution >= 4 is 11.7 Å². The van der Waals surface area contributed by atoms with E-state index < -0.39 is 0 Å². The van der Waals surface area contributed by atoms with E-state index in [0.29, 0.717) is 5.56 Å². The summed E-state index contributed by atoms with van der Waals surface area (Å²) in [5.41, 5.74) is 6.03. The first-order chi connectivity index (χ1) is 8.65. The molecule has 0 saturated heterocycles. The van der Waals surface area contributed by atoms with E-state index in [1.54, 1.807) is 26.4 Å². The van der Waals surface area contributed by atoms with Crippen LogP contribution in [0, 0.1) is 0 Å². The molecule has 5 nitrogen and oxygen atoms in total. The van der Waals surface area contributed by atoms with Crippen LogP contribution in [-0.2, 0) is 0 Å². The molecule has 0 atom stereocenters. The molecule has 0 spiro atoms. The van der Waals surface area contributed by atoms with Crippen LogP contribution in [0.15, 0.2) is 18.3 Å². The summed E-state index contributed by atoms with van der Waals surface area (Å²) in [7, 11) is 3.46. The maximum absolute atomic E-state index is 11.6. The molecule has 1 heterocycles. The van der Waals surface area contributed by atoms with E-state index in [4.69, 9.17) is 5.73 Å². The quantitative estimate of drug-likeness (QED) is 0.716. The first-order valence-electron chi connectivity index (χ1n) is 6.27. The molecular weight excluding hydrogens is 228 g/mol. The van der Waals surface area contributed by atoms with Crippen LogP contribution in [0.1, 0.15) is 29.6 Å². The highest BCUT2D eigenvalue weighted by molar-refractivity contribution is 5.93. The number of hydrogen-bond acceptors (Lipinski definition) is 4. The van der Waals surface area contributed by atoms with E-state index in [0.717, 1.165) is 38.2 Å². The van der Waals surface area contributed by atoms with Crippen LogP contribution in [-0.4, -0.2) is 43.0 Å². The molecule has 0 aliphatic carbocycles. The molecule has 0 unspecified atom stereocenters. The maximum atomic E-state index is 11.6. The van der Waals surface area contributed by atoms with Gasteiger partial charge in [-0.15, -0.1) is 0 Å². The number of nitrogens with two attached hydrogens (primary N) is 1. The lowest BCUT2D eigenvalue weighted by molar-refractivity contribution is 0.0827. The van der Waals surface area contributed by atoms with E-state index >= 15 is 0 Å². The van der Waals surface area contributed by atoms with E-state index in [9.17, 15) is 4.79 Å². The summed E-state index contributed by atoms with van der Waals surface area (Å²) < 4.78 is 0. The molecule has 18 heavy (non-hydrogen) atoms. The highest BCUT2D eigenvalue weighted by Gasteiger charge is 2.07. The van der Waals surface area contributed by atoms with Gasteiger partial charge in [0.15, 0.2) is 0 Å². The normalized spacial score (nSPS) is 10.2. The number of rotatable bonds is 7. The zero-order chi connectivity index (χ0) is 13.4.